The summed E-state index contributed by atoms with van der Waals surface area (Å²) >= 11 is 0. The molecule has 1 N–H and O–H groups in total. The average molecular weight is 680 g/mol. The van der Waals surface area contributed by atoms with Crippen LogP contribution in [0.15, 0.2) is 0 Å². The lowest BCUT2D eigenvalue weighted by Crippen LogP contribution is -2.47. The van der Waals surface area contributed by atoms with Crippen LogP contribution in [0.2, 0.25) is 0 Å². The topological polar surface area (TPSA) is 47.6 Å². The van der Waals surface area contributed by atoms with Crippen LogP contribution in [0, 0.1) is 11.3 Å². The van der Waals surface area contributed by atoms with E-state index in [1.54, 1.807) is 7.11 Å². The highest BCUT2D eigenvalue weighted by atomic mass is 16.5. The fourth-order valence-corrected chi connectivity index (χ4v) is 8.06. The molecular weight excluding hydrogens is 590 g/mol. The Morgan fingerprint density at radius 3 is 1.35 bits per heavy atom. The highest BCUT2D eigenvalue weighted by Crippen LogP contribution is 2.37. The van der Waals surface area contributed by atoms with Crippen LogP contribution < -0.4 is 5.32 Å². The highest BCUT2D eigenvalue weighted by Gasteiger charge is 2.35. The van der Waals surface area contributed by atoms with E-state index in [2.05, 4.69) is 74.6 Å². The lowest BCUT2D eigenvalue weighted by molar-refractivity contribution is -0.124. The average Bonchev–Trinajstić information content (AvgIpc) is 2.97. The molecule has 0 aromatic heterocycles. The van der Waals surface area contributed by atoms with Gasteiger partial charge in [0.2, 0.25) is 5.91 Å². The molecule has 0 aliphatic heterocycles. The van der Waals surface area contributed by atoms with E-state index in [1.807, 2.05) is 0 Å². The van der Waals surface area contributed by atoms with E-state index in [-0.39, 0.29) is 28.1 Å². The van der Waals surface area contributed by atoms with Gasteiger partial charge in [0.1, 0.15) is 0 Å². The van der Waals surface area contributed by atoms with Gasteiger partial charge in [0.05, 0.1) is 17.8 Å². The number of carbonyl (C=O) groups is 1. The summed E-state index contributed by atoms with van der Waals surface area (Å²) in [6, 6.07) is 0. The fraction of sp³-hybridized carbons (Fsp3) is 0.977. The highest BCUT2D eigenvalue weighted by molar-refractivity contribution is 5.77. The van der Waals surface area contributed by atoms with E-state index in [0.717, 1.165) is 19.3 Å². The molecule has 0 spiro atoms. The van der Waals surface area contributed by atoms with Gasteiger partial charge in [-0.2, -0.15) is 0 Å². The normalized spacial score (nSPS) is 13.1. The molecule has 0 heterocycles. The summed E-state index contributed by atoms with van der Waals surface area (Å²) in [6.45, 7) is 23.0. The van der Waals surface area contributed by atoms with Crippen molar-refractivity contribution in [1.82, 2.24) is 5.32 Å². The maximum atomic E-state index is 13.5. The lowest BCUT2D eigenvalue weighted by Gasteiger charge is -2.40. The van der Waals surface area contributed by atoms with Gasteiger partial charge in [-0.3, -0.25) is 4.79 Å². The minimum absolute atomic E-state index is 0.0302. The summed E-state index contributed by atoms with van der Waals surface area (Å²) in [4.78, 5) is 13.5. The van der Waals surface area contributed by atoms with E-state index < -0.39 is 0 Å². The predicted octanol–water partition coefficient (Wildman–Crippen LogP) is 13.9. The molecule has 288 valence electrons. The molecule has 48 heavy (non-hydrogen) atoms. The summed E-state index contributed by atoms with van der Waals surface area (Å²) in [5.74, 6) is 0.762. The molecule has 0 atom stereocenters. The van der Waals surface area contributed by atoms with Crippen molar-refractivity contribution in [3.8, 4) is 0 Å². The van der Waals surface area contributed by atoms with Gasteiger partial charge in [-0.05, 0) is 85.0 Å². The largest absolute Gasteiger partial charge is 0.379 e. The number of methoxy groups -OCH3 is 1. The molecule has 4 nitrogen and oxygen atoms in total. The number of rotatable bonds is 34. The van der Waals surface area contributed by atoms with Gasteiger partial charge >= 0.3 is 0 Å². The Bertz CT molecular complexity index is 732. The summed E-state index contributed by atoms with van der Waals surface area (Å²) in [5.41, 5.74) is -0.630. The minimum atomic E-state index is -0.256. The van der Waals surface area contributed by atoms with Crippen molar-refractivity contribution < 1.29 is 14.3 Å². The molecule has 0 aliphatic carbocycles. The molecule has 0 aliphatic rings. The van der Waals surface area contributed by atoms with Gasteiger partial charge < -0.3 is 14.8 Å². The third-order valence-corrected chi connectivity index (χ3v) is 10.5. The summed E-state index contributed by atoms with van der Waals surface area (Å²) in [6.07, 6.45) is 33.2. The van der Waals surface area contributed by atoms with E-state index in [9.17, 15) is 4.79 Å². The number of ether oxygens (including phenoxy) is 2. The maximum absolute atomic E-state index is 13.5. The fourth-order valence-electron chi connectivity index (χ4n) is 8.06. The third-order valence-electron chi connectivity index (χ3n) is 10.5. The SMILES string of the molecule is CCCCCCCCCCCCC(CCCCCCCCCCCC)CC(=O)NC(C)(C)CC(C)(C)CC(C)(C)OCCC(C)(C)OC. The standard InChI is InChI=1S/C44H89NO3/c1-12-14-16-18-20-22-24-26-28-30-32-39(33-31-29-27-25-23-21-19-17-15-13-2)36-40(46)45-42(5,6)37-41(3,4)38-44(9,10)48-35-34-43(7,8)47-11/h39H,12-38H2,1-11H3,(H,45,46). The Morgan fingerprint density at radius 1 is 0.562 bits per heavy atom. The molecule has 0 saturated heterocycles. The van der Waals surface area contributed by atoms with Crippen LogP contribution in [0.1, 0.15) is 236 Å². The van der Waals surface area contributed by atoms with Crippen molar-refractivity contribution in [2.75, 3.05) is 13.7 Å². The second kappa shape index (κ2) is 27.1. The molecule has 4 heteroatoms. The Morgan fingerprint density at radius 2 is 0.958 bits per heavy atom. The zero-order valence-electron chi connectivity index (χ0n) is 34.9. The monoisotopic (exact) mass is 680 g/mol. The Hall–Kier alpha value is -0.610. The van der Waals surface area contributed by atoms with E-state index in [0.29, 0.717) is 18.9 Å². The summed E-state index contributed by atoms with van der Waals surface area (Å²) in [5, 5.41) is 3.48. The molecule has 0 saturated carbocycles. The van der Waals surface area contributed by atoms with Crippen molar-refractivity contribution in [2.24, 2.45) is 11.3 Å². The van der Waals surface area contributed by atoms with Crippen molar-refractivity contribution in [1.29, 1.82) is 0 Å². The number of hydrogen-bond acceptors (Lipinski definition) is 3. The molecular formula is C44H89NO3. The second-order valence-corrected chi connectivity index (χ2v) is 18.3. The van der Waals surface area contributed by atoms with E-state index >= 15 is 0 Å². The number of amides is 1. The van der Waals surface area contributed by atoms with Gasteiger partial charge in [0.25, 0.3) is 0 Å². The molecule has 0 bridgehead atoms. The van der Waals surface area contributed by atoms with Crippen LogP contribution in [-0.2, 0) is 14.3 Å². The van der Waals surface area contributed by atoms with Gasteiger partial charge in [-0.1, -0.05) is 156 Å². The van der Waals surface area contributed by atoms with Crippen LogP contribution in [0.5, 0.6) is 0 Å². The molecule has 0 fully saturated rings. The predicted molar refractivity (Wildman–Crippen MR) is 212 cm³/mol. The van der Waals surface area contributed by atoms with Crippen LogP contribution in [-0.4, -0.2) is 36.4 Å². The van der Waals surface area contributed by atoms with E-state index in [1.165, 1.54) is 141 Å². The zero-order chi connectivity index (χ0) is 36.4. The molecule has 0 radical (unpaired) electrons. The maximum Gasteiger partial charge on any atom is 0.220 e. The first kappa shape index (κ1) is 47.4. The van der Waals surface area contributed by atoms with Gasteiger partial charge in [-0.25, -0.2) is 0 Å². The number of hydrogen-bond donors (Lipinski definition) is 1. The van der Waals surface area contributed by atoms with Gasteiger partial charge in [0, 0.05) is 19.1 Å². The number of unbranched alkanes of at least 4 members (excludes halogenated alkanes) is 18. The second-order valence-electron chi connectivity index (χ2n) is 18.3. The molecule has 0 aromatic rings. The van der Waals surface area contributed by atoms with Crippen molar-refractivity contribution in [2.45, 2.75) is 253 Å². The smallest absolute Gasteiger partial charge is 0.220 e. The van der Waals surface area contributed by atoms with Crippen molar-refractivity contribution in [3.63, 3.8) is 0 Å². The van der Waals surface area contributed by atoms with Crippen molar-refractivity contribution >= 4 is 5.91 Å². The first-order chi connectivity index (χ1) is 22.6. The first-order valence-electron chi connectivity index (χ1n) is 21.1. The van der Waals surface area contributed by atoms with Crippen LogP contribution in [0.4, 0.5) is 0 Å². The Balaban J connectivity index is 4.83. The van der Waals surface area contributed by atoms with E-state index in [4.69, 9.17) is 9.47 Å². The number of nitrogens with one attached hydrogen (secondary N) is 1. The number of carbonyl (C=O) groups excluding carboxylic acids is 1. The van der Waals surface area contributed by atoms with Crippen LogP contribution in [0.3, 0.4) is 0 Å². The molecule has 0 unspecified atom stereocenters. The van der Waals surface area contributed by atoms with Gasteiger partial charge in [0.15, 0.2) is 0 Å². The molecule has 1 amide bonds. The van der Waals surface area contributed by atoms with Gasteiger partial charge in [-0.15, -0.1) is 0 Å². The molecule has 0 aromatic carbocycles. The molecule has 0 rings (SSSR count). The quantitative estimate of drug-likeness (QED) is 0.0689. The Kier molecular flexibility index (Phi) is 26.8. The minimum Gasteiger partial charge on any atom is -0.379 e. The Labute approximate surface area is 302 Å². The third kappa shape index (κ3) is 29.2. The van der Waals surface area contributed by atoms with Crippen LogP contribution in [0.25, 0.3) is 0 Å². The summed E-state index contributed by atoms with van der Waals surface area (Å²) < 4.78 is 11.9. The van der Waals surface area contributed by atoms with Crippen LogP contribution >= 0.6 is 0 Å². The lowest BCUT2D eigenvalue weighted by atomic mass is 9.73. The summed E-state index contributed by atoms with van der Waals surface area (Å²) in [7, 11) is 1.77. The van der Waals surface area contributed by atoms with Crippen molar-refractivity contribution in [3.05, 3.63) is 0 Å². The zero-order valence-corrected chi connectivity index (χ0v) is 34.9. The first-order valence-corrected chi connectivity index (χ1v) is 21.1.